The second-order valence-electron chi connectivity index (χ2n) is 8.16. The van der Waals surface area contributed by atoms with Crippen LogP contribution in [0.3, 0.4) is 0 Å². The Balaban J connectivity index is 2.18. The second kappa shape index (κ2) is 5.91. The fourth-order valence-electron chi connectivity index (χ4n) is 3.70. The molecule has 126 valence electrons. The fraction of sp³-hybridized carbons (Fsp3) is 0.824. The van der Waals surface area contributed by atoms with E-state index in [9.17, 15) is 4.79 Å². The second-order valence-corrected chi connectivity index (χ2v) is 12.6. The molecule has 2 heterocycles. The first-order valence-corrected chi connectivity index (χ1v) is 11.9. The highest BCUT2D eigenvalue weighted by Crippen LogP contribution is 2.50. The number of fused-ring (bicyclic) bond motifs is 2. The largest absolute Gasteiger partial charge is 0.547 e. The Morgan fingerprint density at radius 3 is 2.55 bits per heavy atom. The van der Waals surface area contributed by atoms with Crippen molar-refractivity contribution in [1.29, 1.82) is 0 Å². The molecule has 0 aliphatic carbocycles. The molecule has 0 N–H and O–H groups in total. The predicted octanol–water partition coefficient (Wildman–Crippen LogP) is 4.68. The number of hydrogen-bond acceptors (Lipinski definition) is 3. The third-order valence-corrected chi connectivity index (χ3v) is 5.47. The number of amides is 1. The summed E-state index contributed by atoms with van der Waals surface area (Å²) in [5, 5.41) is 0. The first-order valence-electron chi connectivity index (χ1n) is 8.47. The minimum absolute atomic E-state index is 0.167. The van der Waals surface area contributed by atoms with E-state index in [0.717, 1.165) is 37.9 Å². The van der Waals surface area contributed by atoms with Crippen LogP contribution in [-0.2, 0) is 9.16 Å². The molecule has 2 aliphatic rings. The number of carbonyl (C=O) groups is 1. The van der Waals surface area contributed by atoms with E-state index < -0.39 is 8.32 Å². The molecule has 0 aromatic heterocycles. The zero-order chi connectivity index (χ0) is 16.6. The Bertz CT molecular complexity index is 471. The molecule has 22 heavy (non-hydrogen) atoms. The summed E-state index contributed by atoms with van der Waals surface area (Å²) in [7, 11) is -1.62. The lowest BCUT2D eigenvalue weighted by molar-refractivity contribution is 0.0322. The molecule has 0 aromatic carbocycles. The zero-order valence-corrected chi connectivity index (χ0v) is 16.0. The van der Waals surface area contributed by atoms with Crippen LogP contribution < -0.4 is 0 Å². The van der Waals surface area contributed by atoms with Crippen LogP contribution in [0.5, 0.6) is 0 Å². The summed E-state index contributed by atoms with van der Waals surface area (Å²) in [6, 6.07) is 0. The lowest BCUT2D eigenvalue weighted by Gasteiger charge is -2.46. The van der Waals surface area contributed by atoms with E-state index in [2.05, 4.69) is 46.5 Å². The van der Waals surface area contributed by atoms with E-state index in [1.165, 1.54) is 0 Å². The summed E-state index contributed by atoms with van der Waals surface area (Å²) in [6.07, 6.45) is 6.74. The van der Waals surface area contributed by atoms with E-state index in [-0.39, 0.29) is 17.2 Å². The molecule has 0 aromatic rings. The van der Waals surface area contributed by atoms with Crippen molar-refractivity contribution in [2.24, 2.45) is 0 Å². The predicted molar refractivity (Wildman–Crippen MR) is 91.3 cm³/mol. The van der Waals surface area contributed by atoms with Crippen LogP contribution >= 0.6 is 0 Å². The lowest BCUT2D eigenvalue weighted by Crippen LogP contribution is -2.57. The quantitative estimate of drug-likeness (QED) is 0.544. The molecule has 1 amide bonds. The third kappa shape index (κ3) is 3.50. The minimum atomic E-state index is -1.62. The monoisotopic (exact) mass is 325 g/mol. The molecule has 0 spiro atoms. The molecule has 5 heteroatoms. The molecular formula is C17H31NO3Si. The Hall–Kier alpha value is -0.973. The summed E-state index contributed by atoms with van der Waals surface area (Å²) in [4.78, 5) is 14.5. The van der Waals surface area contributed by atoms with Gasteiger partial charge in [-0.05, 0) is 58.8 Å². The number of hydrogen-bond donors (Lipinski definition) is 0. The molecular weight excluding hydrogens is 294 g/mol. The van der Waals surface area contributed by atoms with Crippen LogP contribution in [0.1, 0.15) is 52.9 Å². The average Bonchev–Trinajstić information content (AvgIpc) is 2.51. The van der Waals surface area contributed by atoms with Gasteiger partial charge in [0.15, 0.2) is 0 Å². The van der Waals surface area contributed by atoms with Crippen molar-refractivity contribution < 1.29 is 14.0 Å². The van der Waals surface area contributed by atoms with E-state index >= 15 is 0 Å². The van der Waals surface area contributed by atoms with Gasteiger partial charge >= 0.3 is 6.09 Å². The zero-order valence-electron chi connectivity index (χ0n) is 15.0. The van der Waals surface area contributed by atoms with Crippen molar-refractivity contribution in [3.63, 3.8) is 0 Å². The molecule has 4 nitrogen and oxygen atoms in total. The first kappa shape index (κ1) is 17.4. The number of rotatable bonds is 5. The number of ether oxygens (including phenoxy) is 1. The highest BCUT2D eigenvalue weighted by molar-refractivity contribution is 6.70. The molecule has 0 radical (unpaired) electrons. The van der Waals surface area contributed by atoms with Crippen LogP contribution in [-0.4, -0.2) is 37.0 Å². The van der Waals surface area contributed by atoms with Gasteiger partial charge in [0, 0.05) is 6.42 Å². The number of carbonyl (C=O) groups excluding carboxylic acids is 1. The normalized spacial score (nSPS) is 31.0. The van der Waals surface area contributed by atoms with Gasteiger partial charge in [-0.2, -0.15) is 0 Å². The topological polar surface area (TPSA) is 38.8 Å². The van der Waals surface area contributed by atoms with Gasteiger partial charge in [-0.15, -0.1) is 0 Å². The standard InChI is InChI=1S/C17H31NO3Si/c1-7-8-11-20-15(19)18-16(2)9-10-17(18,3)13-14(12-16)21-22(4,5)6/h12H,7-11,13H2,1-6H3/t16-,17+/m0/s1. The van der Waals surface area contributed by atoms with Crippen molar-refractivity contribution in [3.05, 3.63) is 11.8 Å². The van der Waals surface area contributed by atoms with Crippen molar-refractivity contribution >= 4 is 14.4 Å². The molecule has 1 saturated heterocycles. The van der Waals surface area contributed by atoms with Crippen molar-refractivity contribution in [2.75, 3.05) is 6.61 Å². The van der Waals surface area contributed by atoms with Gasteiger partial charge in [0.2, 0.25) is 8.32 Å². The fourth-order valence-corrected chi connectivity index (χ4v) is 4.61. The first-order chi connectivity index (χ1) is 10.1. The molecule has 2 atom stereocenters. The van der Waals surface area contributed by atoms with E-state index in [4.69, 9.17) is 9.16 Å². The lowest BCUT2D eigenvalue weighted by atomic mass is 9.90. The van der Waals surface area contributed by atoms with Gasteiger partial charge in [0.25, 0.3) is 0 Å². The third-order valence-electron chi connectivity index (χ3n) is 4.59. The summed E-state index contributed by atoms with van der Waals surface area (Å²) >= 11 is 0. The summed E-state index contributed by atoms with van der Waals surface area (Å²) < 4.78 is 11.7. The van der Waals surface area contributed by atoms with Crippen LogP contribution in [0.4, 0.5) is 4.79 Å². The summed E-state index contributed by atoms with van der Waals surface area (Å²) in [5.41, 5.74) is -0.451. The Morgan fingerprint density at radius 2 is 2.00 bits per heavy atom. The van der Waals surface area contributed by atoms with Crippen molar-refractivity contribution in [1.82, 2.24) is 4.90 Å². The maximum absolute atomic E-state index is 12.6. The van der Waals surface area contributed by atoms with Crippen LogP contribution in [0.2, 0.25) is 19.6 Å². The van der Waals surface area contributed by atoms with Gasteiger partial charge in [-0.1, -0.05) is 13.3 Å². The van der Waals surface area contributed by atoms with Gasteiger partial charge in [-0.3, -0.25) is 4.90 Å². The van der Waals surface area contributed by atoms with Crippen molar-refractivity contribution in [3.8, 4) is 0 Å². The van der Waals surface area contributed by atoms with Crippen molar-refractivity contribution in [2.45, 2.75) is 83.6 Å². The molecule has 0 saturated carbocycles. The molecule has 2 aliphatic heterocycles. The number of nitrogens with zero attached hydrogens (tertiary/aromatic N) is 1. The summed E-state index contributed by atoms with van der Waals surface area (Å²) in [6.45, 7) is 13.5. The van der Waals surface area contributed by atoms with Gasteiger partial charge in [0.05, 0.1) is 23.4 Å². The van der Waals surface area contributed by atoms with Crippen LogP contribution in [0.25, 0.3) is 0 Å². The minimum Gasteiger partial charge on any atom is -0.547 e. The molecule has 2 rings (SSSR count). The smallest absolute Gasteiger partial charge is 0.410 e. The van der Waals surface area contributed by atoms with E-state index in [0.29, 0.717) is 6.61 Å². The SMILES string of the molecule is CCCCOC(=O)N1[C@]2(C)CC[C@@]1(C)C=C(O[Si](C)(C)C)C2. The maximum Gasteiger partial charge on any atom is 0.410 e. The Morgan fingerprint density at radius 1 is 1.32 bits per heavy atom. The van der Waals surface area contributed by atoms with E-state index in [1.54, 1.807) is 0 Å². The average molecular weight is 326 g/mol. The van der Waals surface area contributed by atoms with Gasteiger partial charge < -0.3 is 9.16 Å². The highest BCUT2D eigenvalue weighted by Gasteiger charge is 2.56. The van der Waals surface area contributed by atoms with Crippen LogP contribution in [0, 0.1) is 0 Å². The van der Waals surface area contributed by atoms with Gasteiger partial charge in [0.1, 0.15) is 0 Å². The molecule has 0 unspecified atom stereocenters. The summed E-state index contributed by atoms with van der Waals surface area (Å²) in [5.74, 6) is 1.07. The Kier molecular flexibility index (Phi) is 4.67. The molecule has 2 bridgehead atoms. The van der Waals surface area contributed by atoms with E-state index in [1.807, 2.05) is 4.90 Å². The number of unbranched alkanes of at least 4 members (excludes halogenated alkanes) is 1. The van der Waals surface area contributed by atoms with Crippen LogP contribution in [0.15, 0.2) is 11.8 Å². The maximum atomic E-state index is 12.6. The van der Waals surface area contributed by atoms with Gasteiger partial charge in [-0.25, -0.2) is 4.79 Å². The molecule has 1 fully saturated rings. The Labute approximate surface area is 136 Å². The highest BCUT2D eigenvalue weighted by atomic mass is 28.4.